The van der Waals surface area contributed by atoms with E-state index < -0.39 is 24.1 Å². The number of carbonyl (C=O) groups excluding carboxylic acids is 1. The van der Waals surface area contributed by atoms with Crippen molar-refractivity contribution in [2.45, 2.75) is 31.5 Å². The molecule has 6 N–H and O–H groups in total. The Labute approximate surface area is 87.3 Å². The molecular formula is C9H15N3O3. The predicted octanol–water partition coefficient (Wildman–Crippen LogP) is -1.44. The van der Waals surface area contributed by atoms with Crippen molar-refractivity contribution in [2.75, 3.05) is 0 Å². The maximum absolute atomic E-state index is 10.9. The molecule has 0 spiro atoms. The lowest BCUT2D eigenvalue weighted by atomic mass is 9.87. The van der Waals surface area contributed by atoms with Gasteiger partial charge in [-0.15, -0.1) is 0 Å². The molecule has 1 rings (SSSR count). The Morgan fingerprint density at radius 2 is 2.13 bits per heavy atom. The van der Waals surface area contributed by atoms with Gasteiger partial charge in [-0.05, 0) is 6.42 Å². The summed E-state index contributed by atoms with van der Waals surface area (Å²) >= 11 is 0. The van der Waals surface area contributed by atoms with E-state index in [-0.39, 0.29) is 17.9 Å². The van der Waals surface area contributed by atoms with Crippen LogP contribution in [0.15, 0.2) is 11.6 Å². The van der Waals surface area contributed by atoms with Gasteiger partial charge in [0.1, 0.15) is 0 Å². The van der Waals surface area contributed by atoms with Crippen molar-refractivity contribution < 1.29 is 14.7 Å². The topological polar surface area (TPSA) is 118 Å². The zero-order valence-electron chi connectivity index (χ0n) is 8.43. The van der Waals surface area contributed by atoms with Crippen molar-refractivity contribution in [3.8, 4) is 0 Å². The monoisotopic (exact) mass is 213 g/mol. The van der Waals surface area contributed by atoms with Crippen LogP contribution in [0.2, 0.25) is 0 Å². The molecule has 6 heteroatoms. The van der Waals surface area contributed by atoms with Crippen molar-refractivity contribution >= 4 is 11.9 Å². The van der Waals surface area contributed by atoms with Gasteiger partial charge >= 0.3 is 5.97 Å². The van der Waals surface area contributed by atoms with Gasteiger partial charge in [0.15, 0.2) is 0 Å². The van der Waals surface area contributed by atoms with Crippen molar-refractivity contribution in [2.24, 2.45) is 11.5 Å². The molecule has 0 saturated heterocycles. The van der Waals surface area contributed by atoms with Crippen LogP contribution in [0, 0.1) is 0 Å². The van der Waals surface area contributed by atoms with Gasteiger partial charge in [0.05, 0.1) is 6.04 Å². The lowest BCUT2D eigenvalue weighted by molar-refractivity contribution is -0.133. The van der Waals surface area contributed by atoms with Gasteiger partial charge in [0, 0.05) is 24.6 Å². The van der Waals surface area contributed by atoms with Crippen LogP contribution in [0.4, 0.5) is 0 Å². The van der Waals surface area contributed by atoms with Gasteiger partial charge in [-0.3, -0.25) is 4.79 Å². The van der Waals surface area contributed by atoms with E-state index in [1.165, 1.54) is 13.0 Å². The van der Waals surface area contributed by atoms with E-state index in [0.717, 1.165) is 0 Å². The summed E-state index contributed by atoms with van der Waals surface area (Å²) in [7, 11) is 0. The average Bonchev–Trinajstić information content (AvgIpc) is 2.10. The van der Waals surface area contributed by atoms with Crippen LogP contribution in [0.25, 0.3) is 0 Å². The molecule has 0 radical (unpaired) electrons. The summed E-state index contributed by atoms with van der Waals surface area (Å²) < 4.78 is 0. The number of hydrogen-bond donors (Lipinski definition) is 4. The molecule has 0 heterocycles. The van der Waals surface area contributed by atoms with Gasteiger partial charge in [0.2, 0.25) is 5.91 Å². The number of nitrogens with two attached hydrogens (primary N) is 2. The first kappa shape index (κ1) is 11.7. The summed E-state index contributed by atoms with van der Waals surface area (Å²) in [5.41, 5.74) is 11.7. The quantitative estimate of drug-likeness (QED) is 0.448. The molecule has 0 aromatic rings. The summed E-state index contributed by atoms with van der Waals surface area (Å²) in [6.45, 7) is 1.37. The Bertz CT molecular complexity index is 314. The number of hydrogen-bond acceptors (Lipinski definition) is 4. The maximum Gasteiger partial charge on any atom is 0.331 e. The number of nitrogens with one attached hydrogen (secondary N) is 1. The molecule has 3 atom stereocenters. The molecular weight excluding hydrogens is 198 g/mol. The molecule has 1 amide bonds. The lowest BCUT2D eigenvalue weighted by Gasteiger charge is -2.32. The first-order chi connectivity index (χ1) is 6.91. The minimum atomic E-state index is -1.01. The van der Waals surface area contributed by atoms with E-state index in [4.69, 9.17) is 16.6 Å². The van der Waals surface area contributed by atoms with Crippen LogP contribution in [0.1, 0.15) is 13.3 Å². The number of carbonyl (C=O) groups is 2. The number of rotatable bonds is 2. The Morgan fingerprint density at radius 1 is 1.53 bits per heavy atom. The third-order valence-electron chi connectivity index (χ3n) is 2.37. The van der Waals surface area contributed by atoms with E-state index >= 15 is 0 Å². The molecule has 84 valence electrons. The predicted molar refractivity (Wildman–Crippen MR) is 53.9 cm³/mol. The second-order valence-corrected chi connectivity index (χ2v) is 3.67. The Morgan fingerprint density at radius 3 is 2.53 bits per heavy atom. The smallest absolute Gasteiger partial charge is 0.331 e. The second-order valence-electron chi connectivity index (χ2n) is 3.67. The molecule has 6 nitrogen and oxygen atoms in total. The summed E-state index contributed by atoms with van der Waals surface area (Å²) in [4.78, 5) is 21.6. The average molecular weight is 213 g/mol. The van der Waals surface area contributed by atoms with Crippen molar-refractivity contribution in [3.05, 3.63) is 11.6 Å². The zero-order valence-corrected chi connectivity index (χ0v) is 8.43. The van der Waals surface area contributed by atoms with Crippen molar-refractivity contribution in [1.82, 2.24) is 5.32 Å². The maximum atomic E-state index is 10.9. The molecule has 0 unspecified atom stereocenters. The summed E-state index contributed by atoms with van der Waals surface area (Å²) in [5, 5.41) is 11.4. The van der Waals surface area contributed by atoms with Crippen LogP contribution < -0.4 is 16.8 Å². The normalized spacial score (nSPS) is 30.6. The minimum Gasteiger partial charge on any atom is -0.478 e. The molecule has 0 aromatic heterocycles. The fraction of sp³-hybridized carbons (Fsp3) is 0.556. The number of carboxylic acids is 1. The van der Waals surface area contributed by atoms with E-state index in [0.29, 0.717) is 0 Å². The van der Waals surface area contributed by atoms with E-state index in [2.05, 4.69) is 5.32 Å². The highest BCUT2D eigenvalue weighted by molar-refractivity contribution is 5.87. The van der Waals surface area contributed by atoms with Crippen molar-refractivity contribution in [3.63, 3.8) is 0 Å². The largest absolute Gasteiger partial charge is 0.478 e. The molecule has 0 saturated carbocycles. The summed E-state index contributed by atoms with van der Waals surface area (Å²) in [5.74, 6) is -1.24. The minimum absolute atomic E-state index is 0.205. The Balaban J connectivity index is 2.80. The lowest BCUT2D eigenvalue weighted by Crippen LogP contribution is -2.58. The van der Waals surface area contributed by atoms with E-state index in [9.17, 15) is 9.59 Å². The molecule has 1 aliphatic carbocycles. The van der Waals surface area contributed by atoms with Crippen LogP contribution >= 0.6 is 0 Å². The van der Waals surface area contributed by atoms with Crippen LogP contribution in [0.3, 0.4) is 0 Å². The number of carboxylic acid groups (broad SMARTS) is 1. The third-order valence-corrected chi connectivity index (χ3v) is 2.37. The fourth-order valence-electron chi connectivity index (χ4n) is 1.67. The fourth-order valence-corrected chi connectivity index (χ4v) is 1.67. The molecule has 0 fully saturated rings. The molecule has 0 aliphatic heterocycles. The van der Waals surface area contributed by atoms with Gasteiger partial charge in [-0.25, -0.2) is 4.79 Å². The highest BCUT2D eigenvalue weighted by Crippen LogP contribution is 2.17. The highest BCUT2D eigenvalue weighted by Gasteiger charge is 2.31. The Kier molecular flexibility index (Phi) is 3.43. The second kappa shape index (κ2) is 4.41. The van der Waals surface area contributed by atoms with Crippen LogP contribution in [-0.4, -0.2) is 35.1 Å². The third kappa shape index (κ3) is 2.77. The first-order valence-corrected chi connectivity index (χ1v) is 4.64. The van der Waals surface area contributed by atoms with Crippen LogP contribution in [0.5, 0.6) is 0 Å². The van der Waals surface area contributed by atoms with Crippen LogP contribution in [-0.2, 0) is 9.59 Å². The molecule has 0 aromatic carbocycles. The van der Waals surface area contributed by atoms with Gasteiger partial charge < -0.3 is 21.9 Å². The van der Waals surface area contributed by atoms with E-state index in [1.807, 2.05) is 0 Å². The SMILES string of the molecule is CC(=O)N[C@H]1[C@H](N)C=C(C(=O)O)C[C@@H]1N. The summed E-state index contributed by atoms with van der Waals surface area (Å²) in [6.07, 6.45) is 1.65. The Hall–Kier alpha value is -1.40. The molecule has 0 bridgehead atoms. The molecule has 15 heavy (non-hydrogen) atoms. The summed E-state index contributed by atoms with van der Waals surface area (Å²) in [6, 6.07) is -1.41. The standard InChI is InChI=1S/C9H15N3O3/c1-4(13)12-8-6(10)2-5(9(14)15)3-7(8)11/h2,6-8H,3,10-11H2,1H3,(H,12,13)(H,14,15)/t6-,7+,8+/m1/s1. The van der Waals surface area contributed by atoms with Gasteiger partial charge in [0.25, 0.3) is 0 Å². The number of amides is 1. The highest BCUT2D eigenvalue weighted by atomic mass is 16.4. The zero-order chi connectivity index (χ0) is 11.6. The van der Waals surface area contributed by atoms with Crippen molar-refractivity contribution in [1.29, 1.82) is 0 Å². The first-order valence-electron chi connectivity index (χ1n) is 4.64. The number of aliphatic carboxylic acids is 1. The van der Waals surface area contributed by atoms with Gasteiger partial charge in [-0.2, -0.15) is 0 Å². The molecule has 1 aliphatic rings. The van der Waals surface area contributed by atoms with Gasteiger partial charge in [-0.1, -0.05) is 6.08 Å². The van der Waals surface area contributed by atoms with E-state index in [1.54, 1.807) is 0 Å².